The first kappa shape index (κ1) is 14.6. The molecule has 0 aromatic rings. The zero-order chi connectivity index (χ0) is 11.1. The summed E-state index contributed by atoms with van der Waals surface area (Å²) in [7, 11) is -2.69. The highest BCUT2D eigenvalue weighted by Gasteiger charge is 2.10. The van der Waals surface area contributed by atoms with Crippen LogP contribution in [0.25, 0.3) is 0 Å². The fraction of sp³-hybridized carbons (Fsp3) is 0.571. The van der Waals surface area contributed by atoms with Crippen LogP contribution in [0.15, 0.2) is 12.7 Å². The molecular formula is C7H15NO4S. The minimum Gasteiger partial charge on any atom is -0.366 e. The molecule has 0 aromatic carbocycles. The predicted octanol–water partition coefficient (Wildman–Crippen LogP) is -0.0144. The Morgan fingerprint density at radius 3 is 1.77 bits per heavy atom. The highest BCUT2D eigenvalue weighted by molar-refractivity contribution is 7.67. The van der Waals surface area contributed by atoms with Gasteiger partial charge in [-0.1, -0.05) is 6.58 Å². The molecule has 0 aliphatic rings. The molecule has 0 radical (unpaired) electrons. The van der Waals surface area contributed by atoms with Crippen LogP contribution < -0.4 is 5.73 Å². The van der Waals surface area contributed by atoms with Gasteiger partial charge in [-0.15, -0.1) is 0 Å². The van der Waals surface area contributed by atoms with Gasteiger partial charge in [0.05, 0.1) is 5.60 Å². The molecule has 0 aliphatic carbocycles. The Morgan fingerprint density at radius 2 is 1.77 bits per heavy atom. The van der Waals surface area contributed by atoms with Crippen molar-refractivity contribution in [3.05, 3.63) is 12.7 Å². The topological polar surface area (TPSA) is 86.5 Å². The normalized spacial score (nSPS) is 10.2. The van der Waals surface area contributed by atoms with Crippen LogP contribution in [0.4, 0.5) is 0 Å². The number of carbonyl (C=O) groups is 1. The van der Waals surface area contributed by atoms with Crippen LogP contribution in [0.3, 0.4) is 0 Å². The van der Waals surface area contributed by atoms with Gasteiger partial charge in [0.2, 0.25) is 5.91 Å². The van der Waals surface area contributed by atoms with Crippen molar-refractivity contribution < 1.29 is 17.4 Å². The summed E-state index contributed by atoms with van der Waals surface area (Å²) in [4.78, 5) is 9.47. The van der Waals surface area contributed by atoms with Crippen LogP contribution in [0.5, 0.6) is 0 Å². The predicted molar refractivity (Wildman–Crippen MR) is 50.5 cm³/mol. The smallest absolute Gasteiger partial charge is 0.257 e. The largest absolute Gasteiger partial charge is 0.366 e. The molecule has 0 fully saturated rings. The lowest BCUT2D eigenvalue weighted by molar-refractivity contribution is -0.113. The maximum absolute atomic E-state index is 9.83. The summed E-state index contributed by atoms with van der Waals surface area (Å²) >= 11 is 0. The minimum atomic E-state index is -2.69. The molecule has 0 saturated heterocycles. The fourth-order valence-electron chi connectivity index (χ4n) is 0.224. The SMILES string of the molecule is C=CC(N)=O.CC(C)(C)O[SH](=O)=O. The maximum atomic E-state index is 9.83. The molecule has 0 rings (SSSR count). The van der Waals surface area contributed by atoms with Crippen LogP contribution >= 0.6 is 0 Å². The van der Waals surface area contributed by atoms with E-state index in [1.54, 1.807) is 20.8 Å². The van der Waals surface area contributed by atoms with E-state index in [-0.39, 0.29) is 0 Å². The first-order chi connectivity index (χ1) is 5.69. The van der Waals surface area contributed by atoms with Gasteiger partial charge in [-0.3, -0.25) is 8.98 Å². The second-order valence-electron chi connectivity index (χ2n) is 3.03. The third-order valence-corrected chi connectivity index (χ3v) is 1.25. The fourth-order valence-corrected chi connectivity index (χ4v) is 0.671. The standard InChI is InChI=1S/C4H10O3S.C3H5NO/c1-4(2,3)7-8(5)6;1-2-3(4)5/h8H,1-3H3;2H,1H2,(H2,4,5). The molecule has 6 heteroatoms. The molecule has 0 bridgehead atoms. The highest BCUT2D eigenvalue weighted by Crippen LogP contribution is 2.05. The lowest BCUT2D eigenvalue weighted by Gasteiger charge is -2.12. The first-order valence-electron chi connectivity index (χ1n) is 3.44. The van der Waals surface area contributed by atoms with Crippen molar-refractivity contribution in [1.29, 1.82) is 0 Å². The van der Waals surface area contributed by atoms with E-state index in [4.69, 9.17) is 0 Å². The van der Waals surface area contributed by atoms with Gasteiger partial charge in [-0.2, -0.15) is 0 Å². The molecule has 13 heavy (non-hydrogen) atoms. The van der Waals surface area contributed by atoms with E-state index in [0.717, 1.165) is 6.08 Å². The monoisotopic (exact) mass is 209 g/mol. The lowest BCUT2D eigenvalue weighted by Crippen LogP contribution is -2.17. The van der Waals surface area contributed by atoms with Gasteiger partial charge in [-0.05, 0) is 26.8 Å². The Kier molecular flexibility index (Phi) is 7.45. The van der Waals surface area contributed by atoms with Crippen molar-refractivity contribution in [3.8, 4) is 0 Å². The quantitative estimate of drug-likeness (QED) is 0.494. The Hall–Kier alpha value is -0.880. The van der Waals surface area contributed by atoms with E-state index in [1.807, 2.05) is 0 Å². The van der Waals surface area contributed by atoms with E-state index in [1.165, 1.54) is 0 Å². The number of nitrogens with two attached hydrogens (primary N) is 1. The number of primary amides is 1. The molecule has 1 amide bonds. The molecule has 78 valence electrons. The van der Waals surface area contributed by atoms with Crippen molar-refractivity contribution in [1.82, 2.24) is 0 Å². The van der Waals surface area contributed by atoms with Gasteiger partial charge >= 0.3 is 0 Å². The van der Waals surface area contributed by atoms with E-state index in [2.05, 4.69) is 16.5 Å². The molecular weight excluding hydrogens is 194 g/mol. The molecule has 2 N–H and O–H groups in total. The van der Waals surface area contributed by atoms with E-state index >= 15 is 0 Å². The molecule has 0 spiro atoms. The first-order valence-corrected chi connectivity index (χ1v) is 4.54. The number of thiol groups is 1. The van der Waals surface area contributed by atoms with E-state index in [0.29, 0.717) is 0 Å². The second-order valence-corrected chi connectivity index (χ2v) is 3.66. The molecule has 0 aliphatic heterocycles. The molecule has 0 heterocycles. The molecule has 0 unspecified atom stereocenters. The zero-order valence-electron chi connectivity index (χ0n) is 7.94. The van der Waals surface area contributed by atoms with Crippen LogP contribution in [0, 0.1) is 0 Å². The van der Waals surface area contributed by atoms with Crippen LogP contribution in [0.2, 0.25) is 0 Å². The molecule has 0 aromatic heterocycles. The third-order valence-electron chi connectivity index (χ3n) is 0.550. The van der Waals surface area contributed by atoms with Crippen LogP contribution in [0.1, 0.15) is 20.8 Å². The third kappa shape index (κ3) is 24.7. The summed E-state index contributed by atoms with van der Waals surface area (Å²) in [5, 5.41) is 0. The minimum absolute atomic E-state index is 0.481. The van der Waals surface area contributed by atoms with Gasteiger partial charge in [0.1, 0.15) is 0 Å². The highest BCUT2D eigenvalue weighted by atomic mass is 32.2. The van der Waals surface area contributed by atoms with Crippen molar-refractivity contribution >= 4 is 16.9 Å². The second kappa shape index (κ2) is 6.62. The van der Waals surface area contributed by atoms with Gasteiger partial charge < -0.3 is 5.73 Å². The summed E-state index contributed by atoms with van der Waals surface area (Å²) in [5.41, 5.74) is 3.96. The van der Waals surface area contributed by atoms with Gasteiger partial charge in [-0.25, -0.2) is 8.42 Å². The van der Waals surface area contributed by atoms with Crippen molar-refractivity contribution in [2.24, 2.45) is 5.73 Å². The number of carbonyl (C=O) groups excluding carboxylic acids is 1. The van der Waals surface area contributed by atoms with Crippen LogP contribution in [-0.2, 0) is 20.0 Å². The zero-order valence-corrected chi connectivity index (χ0v) is 8.84. The van der Waals surface area contributed by atoms with E-state index < -0.39 is 22.5 Å². The Morgan fingerprint density at radius 1 is 1.46 bits per heavy atom. The molecule has 5 nitrogen and oxygen atoms in total. The Bertz CT molecular complexity index is 231. The Balaban J connectivity index is 0. The summed E-state index contributed by atoms with van der Waals surface area (Å²) in [6, 6.07) is 0. The average Bonchev–Trinajstić information content (AvgIpc) is 1.83. The van der Waals surface area contributed by atoms with Crippen LogP contribution in [-0.4, -0.2) is 19.9 Å². The summed E-state index contributed by atoms with van der Waals surface area (Å²) < 4.78 is 24.1. The van der Waals surface area contributed by atoms with Crippen molar-refractivity contribution in [2.45, 2.75) is 26.4 Å². The maximum Gasteiger partial charge on any atom is 0.257 e. The molecule has 0 saturated carbocycles. The average molecular weight is 209 g/mol. The van der Waals surface area contributed by atoms with Gasteiger partial charge in [0, 0.05) is 0 Å². The molecule has 0 atom stereocenters. The number of hydrogen-bond acceptors (Lipinski definition) is 4. The van der Waals surface area contributed by atoms with Gasteiger partial charge in [0.25, 0.3) is 11.0 Å². The Labute approximate surface area is 79.7 Å². The van der Waals surface area contributed by atoms with Gasteiger partial charge in [0.15, 0.2) is 0 Å². The number of amides is 1. The van der Waals surface area contributed by atoms with Crippen molar-refractivity contribution in [2.75, 3.05) is 0 Å². The summed E-state index contributed by atoms with van der Waals surface area (Å²) in [6.45, 7) is 8.12. The summed E-state index contributed by atoms with van der Waals surface area (Å²) in [5.74, 6) is -0.481. The number of rotatable bonds is 2. The van der Waals surface area contributed by atoms with E-state index in [9.17, 15) is 13.2 Å². The number of hydrogen-bond donors (Lipinski definition) is 2. The van der Waals surface area contributed by atoms with Crippen molar-refractivity contribution in [3.63, 3.8) is 0 Å². The summed E-state index contributed by atoms with van der Waals surface area (Å²) in [6.07, 6.45) is 1.06. The lowest BCUT2D eigenvalue weighted by atomic mass is 10.2.